The molecule has 0 spiro atoms. The van der Waals surface area contributed by atoms with Crippen molar-refractivity contribution in [3.8, 4) is 0 Å². The lowest BCUT2D eigenvalue weighted by atomic mass is 10.2. The molecule has 1 aromatic rings. The average Bonchev–Trinajstić information content (AvgIpc) is 2.49. The van der Waals surface area contributed by atoms with Crippen molar-refractivity contribution in [3.05, 3.63) is 22.8 Å². The summed E-state index contributed by atoms with van der Waals surface area (Å²) in [6.07, 6.45) is -4.74. The molecule has 0 bridgehead atoms. The topological polar surface area (TPSA) is 77.5 Å². The van der Waals surface area contributed by atoms with Crippen molar-refractivity contribution in [2.24, 2.45) is 0 Å². The molecule has 1 amide bonds. The van der Waals surface area contributed by atoms with Crippen LogP contribution in [0.3, 0.4) is 0 Å². The van der Waals surface area contributed by atoms with Gasteiger partial charge in [0.25, 0.3) is 0 Å². The van der Waals surface area contributed by atoms with Crippen LogP contribution in [0.2, 0.25) is 5.02 Å². The second kappa shape index (κ2) is 9.50. The van der Waals surface area contributed by atoms with Crippen LogP contribution in [-0.4, -0.2) is 41.0 Å². The molecule has 1 N–H and O–H groups in total. The first kappa shape index (κ1) is 23.4. The zero-order valence-corrected chi connectivity index (χ0v) is 16.7. The Morgan fingerprint density at radius 3 is 2.44 bits per heavy atom. The van der Waals surface area contributed by atoms with Gasteiger partial charge in [0.2, 0.25) is 0 Å². The first-order valence-electron chi connectivity index (χ1n) is 7.85. The number of halogens is 4. The van der Waals surface area contributed by atoms with E-state index in [1.54, 1.807) is 27.7 Å². The number of amides is 1. The highest BCUT2D eigenvalue weighted by atomic mass is 35.5. The molecule has 11 heteroatoms. The number of carbonyl (C=O) groups is 2. The number of nitrogens with one attached hydrogen (secondary N) is 1. The van der Waals surface area contributed by atoms with E-state index in [1.807, 2.05) is 0 Å². The molecular formula is C16H20ClF3N2O4S. The molecule has 6 nitrogen and oxygen atoms in total. The van der Waals surface area contributed by atoms with Crippen LogP contribution < -0.4 is 5.32 Å². The number of esters is 1. The van der Waals surface area contributed by atoms with Gasteiger partial charge in [-0.1, -0.05) is 11.6 Å². The number of ether oxygens (including phenoxy) is 2. The lowest BCUT2D eigenvalue weighted by Gasteiger charge is -2.22. The van der Waals surface area contributed by atoms with E-state index in [0.29, 0.717) is 6.20 Å². The minimum absolute atomic E-state index is 0.0594. The monoisotopic (exact) mass is 428 g/mol. The van der Waals surface area contributed by atoms with Crippen LogP contribution in [0.5, 0.6) is 0 Å². The maximum atomic E-state index is 12.7. The van der Waals surface area contributed by atoms with Gasteiger partial charge in [-0.15, -0.1) is 11.8 Å². The van der Waals surface area contributed by atoms with Gasteiger partial charge in [0, 0.05) is 11.9 Å². The van der Waals surface area contributed by atoms with Crippen LogP contribution in [-0.2, 0) is 20.4 Å². The Hall–Kier alpha value is -1.68. The minimum atomic E-state index is -4.56. The van der Waals surface area contributed by atoms with Crippen molar-refractivity contribution in [1.29, 1.82) is 0 Å². The first-order valence-corrected chi connectivity index (χ1v) is 9.21. The van der Waals surface area contributed by atoms with Gasteiger partial charge >= 0.3 is 18.2 Å². The van der Waals surface area contributed by atoms with E-state index in [0.717, 1.165) is 17.8 Å². The molecule has 0 aliphatic carbocycles. The first-order chi connectivity index (χ1) is 12.3. The molecule has 1 rings (SSSR count). The van der Waals surface area contributed by atoms with Crippen molar-refractivity contribution >= 4 is 35.4 Å². The third kappa shape index (κ3) is 8.25. The molecule has 0 unspecified atom stereocenters. The normalized spacial score (nSPS) is 13.0. The highest BCUT2D eigenvalue weighted by molar-refractivity contribution is 7.99. The summed E-state index contributed by atoms with van der Waals surface area (Å²) in [7, 11) is 0. The van der Waals surface area contributed by atoms with E-state index >= 15 is 0 Å². The largest absolute Gasteiger partial charge is 0.464 e. The van der Waals surface area contributed by atoms with Gasteiger partial charge in [0.15, 0.2) is 0 Å². The summed E-state index contributed by atoms with van der Waals surface area (Å²) in [5.41, 5.74) is -1.75. The zero-order chi connectivity index (χ0) is 20.8. The van der Waals surface area contributed by atoms with Gasteiger partial charge in [0.1, 0.15) is 16.7 Å². The summed E-state index contributed by atoms with van der Waals surface area (Å²) in [6.45, 7) is 6.67. The number of pyridine rings is 1. The Morgan fingerprint density at radius 1 is 1.33 bits per heavy atom. The number of hydrogen-bond acceptors (Lipinski definition) is 6. The van der Waals surface area contributed by atoms with Crippen molar-refractivity contribution in [2.45, 2.75) is 50.5 Å². The standard InChI is InChI=1S/C16H20ClF3N2O4S/c1-5-25-13(23)11(22-14(24)26-15(2,3)4)8-27-12-10(17)6-9(7-21-12)16(18,19)20/h6-7,11H,5,8H2,1-4H3,(H,22,24)/t11-/m0/s1. The lowest BCUT2D eigenvalue weighted by Crippen LogP contribution is -2.45. The van der Waals surface area contributed by atoms with E-state index < -0.39 is 35.4 Å². The van der Waals surface area contributed by atoms with E-state index in [-0.39, 0.29) is 22.4 Å². The lowest BCUT2D eigenvalue weighted by molar-refractivity contribution is -0.145. The quantitative estimate of drug-likeness (QED) is 0.537. The maximum absolute atomic E-state index is 12.7. The Bertz CT molecular complexity index is 681. The Morgan fingerprint density at radius 2 is 1.96 bits per heavy atom. The summed E-state index contributed by atoms with van der Waals surface area (Å²) in [4.78, 5) is 27.6. The minimum Gasteiger partial charge on any atom is -0.464 e. The summed E-state index contributed by atoms with van der Waals surface area (Å²) in [5.74, 6) is -0.769. The van der Waals surface area contributed by atoms with Crippen LogP contribution in [0.4, 0.5) is 18.0 Å². The highest BCUT2D eigenvalue weighted by Gasteiger charge is 2.32. The number of alkyl carbamates (subject to hydrolysis) is 1. The van der Waals surface area contributed by atoms with Crippen molar-refractivity contribution in [1.82, 2.24) is 10.3 Å². The zero-order valence-electron chi connectivity index (χ0n) is 15.1. The van der Waals surface area contributed by atoms with Gasteiger partial charge in [-0.25, -0.2) is 14.6 Å². The third-order valence-electron chi connectivity index (χ3n) is 2.78. The van der Waals surface area contributed by atoms with Gasteiger partial charge in [-0.05, 0) is 33.8 Å². The molecule has 0 saturated heterocycles. The number of thioether (sulfide) groups is 1. The predicted octanol–water partition coefficient (Wildman–Crippen LogP) is 4.30. The molecule has 1 atom stereocenters. The van der Waals surface area contributed by atoms with Gasteiger partial charge in [0.05, 0.1) is 17.2 Å². The van der Waals surface area contributed by atoms with Crippen molar-refractivity contribution in [3.63, 3.8) is 0 Å². The van der Waals surface area contributed by atoms with E-state index in [2.05, 4.69) is 10.3 Å². The Kier molecular flexibility index (Phi) is 8.22. The smallest absolute Gasteiger partial charge is 0.417 e. The molecule has 1 aromatic heterocycles. The van der Waals surface area contributed by atoms with Gasteiger partial charge < -0.3 is 14.8 Å². The second-order valence-corrected chi connectivity index (χ2v) is 7.69. The summed E-state index contributed by atoms with van der Waals surface area (Å²) >= 11 is 6.75. The van der Waals surface area contributed by atoms with Crippen LogP contribution in [0.25, 0.3) is 0 Å². The summed E-state index contributed by atoms with van der Waals surface area (Å²) in [6, 6.07) is -0.345. The molecule has 0 aliphatic heterocycles. The van der Waals surface area contributed by atoms with Crippen molar-refractivity contribution < 1.29 is 32.2 Å². The third-order valence-corrected chi connectivity index (χ3v) is 4.28. The molecule has 27 heavy (non-hydrogen) atoms. The van der Waals surface area contributed by atoms with Crippen LogP contribution in [0.15, 0.2) is 17.3 Å². The molecular weight excluding hydrogens is 409 g/mol. The highest BCUT2D eigenvalue weighted by Crippen LogP contribution is 2.33. The van der Waals surface area contributed by atoms with Gasteiger partial charge in [-0.3, -0.25) is 0 Å². The molecule has 1 heterocycles. The molecule has 0 aliphatic rings. The Balaban J connectivity index is 2.84. The van der Waals surface area contributed by atoms with Crippen LogP contribution in [0, 0.1) is 0 Å². The van der Waals surface area contributed by atoms with Crippen LogP contribution in [0.1, 0.15) is 33.3 Å². The predicted molar refractivity (Wildman–Crippen MR) is 94.8 cm³/mol. The number of aromatic nitrogens is 1. The fraction of sp³-hybridized carbons (Fsp3) is 0.562. The second-order valence-electron chi connectivity index (χ2n) is 6.27. The fourth-order valence-electron chi connectivity index (χ4n) is 1.71. The molecule has 0 fully saturated rings. The van der Waals surface area contributed by atoms with E-state index in [9.17, 15) is 22.8 Å². The molecule has 0 saturated carbocycles. The number of alkyl halides is 3. The SMILES string of the molecule is CCOC(=O)[C@H](CSc1ncc(C(F)(F)F)cc1Cl)NC(=O)OC(C)(C)C. The molecule has 0 aromatic carbocycles. The number of hydrogen-bond donors (Lipinski definition) is 1. The fourth-order valence-corrected chi connectivity index (χ4v) is 2.91. The molecule has 152 valence electrons. The van der Waals surface area contributed by atoms with E-state index in [4.69, 9.17) is 21.1 Å². The van der Waals surface area contributed by atoms with E-state index in [1.165, 1.54) is 0 Å². The van der Waals surface area contributed by atoms with Gasteiger partial charge in [-0.2, -0.15) is 13.2 Å². The summed E-state index contributed by atoms with van der Waals surface area (Å²) in [5, 5.41) is 2.25. The number of carbonyl (C=O) groups excluding carboxylic acids is 2. The number of rotatable bonds is 6. The molecule has 0 radical (unpaired) electrons. The summed E-state index contributed by atoms with van der Waals surface area (Å²) < 4.78 is 47.9. The van der Waals surface area contributed by atoms with Crippen molar-refractivity contribution in [2.75, 3.05) is 12.4 Å². The maximum Gasteiger partial charge on any atom is 0.417 e. The Labute approximate surface area is 164 Å². The van der Waals surface area contributed by atoms with Crippen LogP contribution >= 0.6 is 23.4 Å². The number of nitrogens with zero attached hydrogens (tertiary/aromatic N) is 1. The average molecular weight is 429 g/mol.